The van der Waals surface area contributed by atoms with Crippen LogP contribution in [0.2, 0.25) is 0 Å². The SMILES string of the molecule is CC=CC(=O)N(CC(=O)O)CC(C)C. The van der Waals surface area contributed by atoms with Gasteiger partial charge in [-0.15, -0.1) is 0 Å². The quantitative estimate of drug-likeness (QED) is 0.675. The van der Waals surface area contributed by atoms with Crippen LogP contribution in [0.4, 0.5) is 0 Å². The first kappa shape index (κ1) is 12.7. The summed E-state index contributed by atoms with van der Waals surface area (Å²) in [7, 11) is 0. The van der Waals surface area contributed by atoms with E-state index < -0.39 is 5.97 Å². The Balaban J connectivity index is 4.37. The third-order valence-electron chi connectivity index (χ3n) is 1.53. The Hall–Kier alpha value is -1.32. The highest BCUT2D eigenvalue weighted by Gasteiger charge is 2.14. The van der Waals surface area contributed by atoms with Gasteiger partial charge in [0.25, 0.3) is 0 Å². The predicted octanol–water partition coefficient (Wildman–Crippen LogP) is 1.13. The molecule has 4 nitrogen and oxygen atoms in total. The van der Waals surface area contributed by atoms with Gasteiger partial charge in [0.15, 0.2) is 0 Å². The molecule has 0 heterocycles. The van der Waals surface area contributed by atoms with Crippen molar-refractivity contribution in [1.29, 1.82) is 0 Å². The van der Waals surface area contributed by atoms with E-state index in [2.05, 4.69) is 0 Å². The number of nitrogens with zero attached hydrogens (tertiary/aromatic N) is 1. The number of rotatable bonds is 5. The van der Waals surface area contributed by atoms with Gasteiger partial charge in [-0.1, -0.05) is 19.9 Å². The molecule has 0 rings (SSSR count). The highest BCUT2D eigenvalue weighted by atomic mass is 16.4. The highest BCUT2D eigenvalue weighted by Crippen LogP contribution is 2.00. The predicted molar refractivity (Wildman–Crippen MR) is 53.9 cm³/mol. The lowest BCUT2D eigenvalue weighted by Crippen LogP contribution is -2.37. The van der Waals surface area contributed by atoms with Gasteiger partial charge in [0.2, 0.25) is 5.91 Å². The molecule has 0 saturated carbocycles. The molecule has 0 unspecified atom stereocenters. The van der Waals surface area contributed by atoms with Gasteiger partial charge < -0.3 is 10.0 Å². The lowest BCUT2D eigenvalue weighted by Gasteiger charge is -2.20. The molecule has 0 aliphatic carbocycles. The summed E-state index contributed by atoms with van der Waals surface area (Å²) in [5.41, 5.74) is 0. The zero-order chi connectivity index (χ0) is 11.1. The van der Waals surface area contributed by atoms with Crippen molar-refractivity contribution in [2.24, 2.45) is 5.92 Å². The van der Waals surface area contributed by atoms with E-state index in [9.17, 15) is 9.59 Å². The third-order valence-corrected chi connectivity index (χ3v) is 1.53. The van der Waals surface area contributed by atoms with Crippen molar-refractivity contribution in [2.45, 2.75) is 20.8 Å². The average Bonchev–Trinajstić information content (AvgIpc) is 2.01. The Morgan fingerprint density at radius 3 is 2.36 bits per heavy atom. The van der Waals surface area contributed by atoms with Crippen LogP contribution in [0, 0.1) is 5.92 Å². The summed E-state index contributed by atoms with van der Waals surface area (Å²) in [6.07, 6.45) is 2.99. The van der Waals surface area contributed by atoms with Crippen molar-refractivity contribution in [3.63, 3.8) is 0 Å². The second-order valence-corrected chi connectivity index (χ2v) is 3.51. The summed E-state index contributed by atoms with van der Waals surface area (Å²) in [6, 6.07) is 0. The summed E-state index contributed by atoms with van der Waals surface area (Å²) in [5.74, 6) is -0.962. The first-order valence-electron chi connectivity index (χ1n) is 4.60. The molecule has 0 bridgehead atoms. The molecule has 0 aromatic carbocycles. The number of aliphatic carboxylic acids is 1. The number of carbonyl (C=O) groups is 2. The minimum Gasteiger partial charge on any atom is -0.480 e. The van der Waals surface area contributed by atoms with Crippen molar-refractivity contribution in [3.05, 3.63) is 12.2 Å². The van der Waals surface area contributed by atoms with E-state index in [0.29, 0.717) is 6.54 Å². The smallest absolute Gasteiger partial charge is 0.323 e. The summed E-state index contributed by atoms with van der Waals surface area (Å²) >= 11 is 0. The van der Waals surface area contributed by atoms with Crippen LogP contribution in [0.15, 0.2) is 12.2 Å². The molecule has 0 aliphatic heterocycles. The minimum atomic E-state index is -0.983. The van der Waals surface area contributed by atoms with Crippen LogP contribution in [-0.4, -0.2) is 35.0 Å². The van der Waals surface area contributed by atoms with Crippen molar-refractivity contribution >= 4 is 11.9 Å². The maximum atomic E-state index is 11.4. The van der Waals surface area contributed by atoms with E-state index >= 15 is 0 Å². The zero-order valence-electron chi connectivity index (χ0n) is 8.86. The number of carbonyl (C=O) groups excluding carboxylic acids is 1. The lowest BCUT2D eigenvalue weighted by atomic mass is 10.2. The fourth-order valence-electron chi connectivity index (χ4n) is 1.08. The van der Waals surface area contributed by atoms with Crippen molar-refractivity contribution in [1.82, 2.24) is 4.90 Å². The van der Waals surface area contributed by atoms with Gasteiger partial charge in [0.1, 0.15) is 6.54 Å². The summed E-state index contributed by atoms with van der Waals surface area (Å²) in [6.45, 7) is 5.85. The normalized spacial score (nSPS) is 10.9. The highest BCUT2D eigenvalue weighted by molar-refractivity contribution is 5.89. The van der Waals surface area contributed by atoms with Crippen LogP contribution in [0.1, 0.15) is 20.8 Å². The number of hydrogen-bond acceptors (Lipinski definition) is 2. The molecular formula is C10H17NO3. The average molecular weight is 199 g/mol. The lowest BCUT2D eigenvalue weighted by molar-refractivity contribution is -0.143. The molecule has 0 fully saturated rings. The van der Waals surface area contributed by atoms with Crippen LogP contribution in [-0.2, 0) is 9.59 Å². The van der Waals surface area contributed by atoms with E-state index in [1.165, 1.54) is 11.0 Å². The van der Waals surface area contributed by atoms with Gasteiger partial charge in [-0.05, 0) is 18.9 Å². The van der Waals surface area contributed by atoms with E-state index in [-0.39, 0.29) is 18.4 Å². The van der Waals surface area contributed by atoms with Crippen LogP contribution in [0.5, 0.6) is 0 Å². The summed E-state index contributed by atoms with van der Waals surface area (Å²) < 4.78 is 0. The molecule has 0 radical (unpaired) electrons. The van der Waals surface area contributed by atoms with Gasteiger partial charge in [-0.2, -0.15) is 0 Å². The molecule has 0 aromatic heterocycles. The van der Waals surface area contributed by atoms with Gasteiger partial charge in [0.05, 0.1) is 0 Å². The van der Waals surface area contributed by atoms with Gasteiger partial charge in [-0.3, -0.25) is 9.59 Å². The second kappa shape index (κ2) is 6.18. The Labute approximate surface area is 84.2 Å². The first-order chi connectivity index (χ1) is 6.47. The molecule has 0 atom stereocenters. The Morgan fingerprint density at radius 2 is 2.00 bits per heavy atom. The molecular weight excluding hydrogens is 182 g/mol. The number of allylic oxidation sites excluding steroid dienone is 1. The molecule has 4 heteroatoms. The topological polar surface area (TPSA) is 57.6 Å². The molecule has 80 valence electrons. The fourth-order valence-corrected chi connectivity index (χ4v) is 1.08. The van der Waals surface area contributed by atoms with E-state index in [4.69, 9.17) is 5.11 Å². The Kier molecular flexibility index (Phi) is 5.60. The Bertz CT molecular complexity index is 234. The van der Waals surface area contributed by atoms with Crippen molar-refractivity contribution in [3.8, 4) is 0 Å². The largest absolute Gasteiger partial charge is 0.480 e. The van der Waals surface area contributed by atoms with E-state index in [1.807, 2.05) is 13.8 Å². The van der Waals surface area contributed by atoms with E-state index in [0.717, 1.165) is 0 Å². The summed E-state index contributed by atoms with van der Waals surface area (Å²) in [4.78, 5) is 23.2. The Morgan fingerprint density at radius 1 is 1.43 bits per heavy atom. The monoisotopic (exact) mass is 199 g/mol. The van der Waals surface area contributed by atoms with Crippen LogP contribution in [0.25, 0.3) is 0 Å². The fraction of sp³-hybridized carbons (Fsp3) is 0.600. The van der Waals surface area contributed by atoms with Gasteiger partial charge in [-0.25, -0.2) is 0 Å². The molecule has 0 saturated heterocycles. The van der Waals surface area contributed by atoms with Crippen molar-refractivity contribution in [2.75, 3.05) is 13.1 Å². The third kappa shape index (κ3) is 5.35. The first-order valence-corrected chi connectivity index (χ1v) is 4.60. The standard InChI is InChI=1S/C10H17NO3/c1-4-5-9(12)11(6-8(2)3)7-10(13)14/h4-5,8H,6-7H2,1-3H3,(H,13,14). The second-order valence-electron chi connectivity index (χ2n) is 3.51. The number of amides is 1. The van der Waals surface area contributed by atoms with Gasteiger partial charge >= 0.3 is 5.97 Å². The van der Waals surface area contributed by atoms with E-state index in [1.54, 1.807) is 13.0 Å². The maximum absolute atomic E-state index is 11.4. The van der Waals surface area contributed by atoms with Crippen molar-refractivity contribution < 1.29 is 14.7 Å². The van der Waals surface area contributed by atoms with Crippen LogP contribution < -0.4 is 0 Å². The zero-order valence-corrected chi connectivity index (χ0v) is 8.86. The van der Waals surface area contributed by atoms with Crippen LogP contribution in [0.3, 0.4) is 0 Å². The number of hydrogen-bond donors (Lipinski definition) is 1. The molecule has 0 spiro atoms. The molecule has 0 aliphatic rings. The number of carboxylic acids is 1. The number of carboxylic acid groups (broad SMARTS) is 1. The molecule has 1 N–H and O–H groups in total. The molecule has 1 amide bonds. The molecule has 14 heavy (non-hydrogen) atoms. The minimum absolute atomic E-state index is 0.235. The molecule has 0 aromatic rings. The van der Waals surface area contributed by atoms with Crippen LogP contribution >= 0.6 is 0 Å². The maximum Gasteiger partial charge on any atom is 0.323 e. The summed E-state index contributed by atoms with van der Waals surface area (Å²) in [5, 5.41) is 8.60. The van der Waals surface area contributed by atoms with Gasteiger partial charge in [0, 0.05) is 6.54 Å².